The third-order valence-electron chi connectivity index (χ3n) is 4.99. The maximum atomic E-state index is 14.6. The van der Waals surface area contributed by atoms with Crippen molar-refractivity contribution in [3.05, 3.63) is 35.2 Å². The molecule has 6 nitrogen and oxygen atoms in total. The van der Waals surface area contributed by atoms with Crippen LogP contribution in [0.5, 0.6) is 0 Å². The quantitative estimate of drug-likeness (QED) is 0.317. The minimum Gasteiger partial charge on any atom is -0.384 e. The fourth-order valence-corrected chi connectivity index (χ4v) is 3.41. The van der Waals surface area contributed by atoms with Gasteiger partial charge in [-0.3, -0.25) is 0 Å². The minimum absolute atomic E-state index is 0.0932. The number of rotatable bonds is 8. The first kappa shape index (κ1) is 18.5. The normalized spacial score (nSPS) is 29.3. The molecule has 1 saturated carbocycles. The van der Waals surface area contributed by atoms with Crippen LogP contribution >= 0.6 is 0 Å². The molecule has 3 unspecified atom stereocenters. The number of alkyl halides is 1. The van der Waals surface area contributed by atoms with E-state index in [4.69, 9.17) is 5.73 Å². The van der Waals surface area contributed by atoms with Gasteiger partial charge < -0.3 is 31.3 Å². The average Bonchev–Trinajstić information content (AvgIpc) is 3.40. The molecule has 1 fully saturated rings. The Bertz CT molecular complexity index is 572. The molecule has 7 heteroatoms. The molecular weight excluding hydrogens is 325 g/mol. The van der Waals surface area contributed by atoms with E-state index in [1.54, 1.807) is 6.20 Å². The van der Waals surface area contributed by atoms with Crippen LogP contribution in [0.25, 0.3) is 0 Å². The Balaban J connectivity index is 1.75. The minimum atomic E-state index is -1.75. The first-order chi connectivity index (χ1) is 12.0. The molecule has 1 heterocycles. The van der Waals surface area contributed by atoms with E-state index in [9.17, 15) is 19.7 Å². The van der Waals surface area contributed by atoms with E-state index in [2.05, 4.69) is 5.32 Å². The Morgan fingerprint density at radius 2 is 2.00 bits per heavy atom. The SMILES string of the molecule is NCCCCCNC1C=C2C(=CC1F)C(O)C(C(O)O)=CN2C1CC1. The number of hydrogen-bond acceptors (Lipinski definition) is 6. The van der Waals surface area contributed by atoms with Crippen LogP contribution in [0.1, 0.15) is 32.1 Å². The molecule has 3 rings (SSSR count). The molecule has 0 radical (unpaired) electrons. The topological polar surface area (TPSA) is 102 Å². The van der Waals surface area contributed by atoms with Crippen molar-refractivity contribution in [3.8, 4) is 0 Å². The van der Waals surface area contributed by atoms with Gasteiger partial charge in [-0.05, 0) is 50.9 Å². The zero-order valence-electron chi connectivity index (χ0n) is 14.3. The molecular formula is C18H28FN3O3. The van der Waals surface area contributed by atoms with E-state index in [1.807, 2.05) is 11.0 Å². The van der Waals surface area contributed by atoms with Gasteiger partial charge in [0.15, 0.2) is 6.29 Å². The predicted octanol–water partition coefficient (Wildman–Crippen LogP) is 0.269. The summed E-state index contributed by atoms with van der Waals surface area (Å²) in [5.74, 6) is 0. The van der Waals surface area contributed by atoms with E-state index in [-0.39, 0.29) is 11.6 Å². The lowest BCUT2D eigenvalue weighted by Gasteiger charge is -2.39. The van der Waals surface area contributed by atoms with Crippen LogP contribution in [0, 0.1) is 0 Å². The Morgan fingerprint density at radius 1 is 1.24 bits per heavy atom. The van der Waals surface area contributed by atoms with Crippen LogP contribution in [-0.2, 0) is 0 Å². The fourth-order valence-electron chi connectivity index (χ4n) is 3.41. The van der Waals surface area contributed by atoms with Crippen LogP contribution in [0.4, 0.5) is 4.39 Å². The van der Waals surface area contributed by atoms with Crippen molar-refractivity contribution in [3.63, 3.8) is 0 Å². The number of aliphatic hydroxyl groups is 3. The Kier molecular flexibility index (Phi) is 5.91. The Morgan fingerprint density at radius 3 is 2.64 bits per heavy atom. The summed E-state index contributed by atoms with van der Waals surface area (Å²) in [6, 6.07) is -0.170. The summed E-state index contributed by atoms with van der Waals surface area (Å²) in [5.41, 5.74) is 6.76. The highest BCUT2D eigenvalue weighted by atomic mass is 19.1. The largest absolute Gasteiger partial charge is 0.384 e. The summed E-state index contributed by atoms with van der Waals surface area (Å²) in [6.07, 6.45) is 5.55. The number of aliphatic hydroxyl groups excluding tert-OH is 2. The second-order valence-electron chi connectivity index (χ2n) is 6.99. The molecule has 2 aliphatic carbocycles. The van der Waals surface area contributed by atoms with Gasteiger partial charge in [-0.25, -0.2) is 4.39 Å². The monoisotopic (exact) mass is 353 g/mol. The first-order valence-corrected chi connectivity index (χ1v) is 9.08. The van der Waals surface area contributed by atoms with Crippen LogP contribution in [0.15, 0.2) is 35.2 Å². The van der Waals surface area contributed by atoms with E-state index < -0.39 is 24.6 Å². The number of fused-ring (bicyclic) bond motifs is 1. The molecule has 3 aliphatic rings. The lowest BCUT2D eigenvalue weighted by molar-refractivity contribution is -0.0239. The zero-order valence-corrected chi connectivity index (χ0v) is 14.3. The lowest BCUT2D eigenvalue weighted by atomic mass is 9.87. The summed E-state index contributed by atoms with van der Waals surface area (Å²) >= 11 is 0. The molecule has 1 aliphatic heterocycles. The molecule has 0 aromatic rings. The van der Waals surface area contributed by atoms with Gasteiger partial charge in [0.2, 0.25) is 0 Å². The summed E-state index contributed by atoms with van der Waals surface area (Å²) < 4.78 is 14.6. The molecule has 0 aromatic heterocycles. The summed E-state index contributed by atoms with van der Waals surface area (Å²) in [6.45, 7) is 1.38. The van der Waals surface area contributed by atoms with Crippen molar-refractivity contribution in [1.29, 1.82) is 0 Å². The molecule has 0 bridgehead atoms. The number of nitrogens with two attached hydrogens (primary N) is 1. The van der Waals surface area contributed by atoms with Gasteiger partial charge in [-0.1, -0.05) is 6.42 Å². The predicted molar refractivity (Wildman–Crippen MR) is 92.9 cm³/mol. The van der Waals surface area contributed by atoms with Crippen molar-refractivity contribution in [2.24, 2.45) is 5.73 Å². The lowest BCUT2D eigenvalue weighted by Crippen LogP contribution is -2.44. The fraction of sp³-hybridized carbons (Fsp3) is 0.667. The molecule has 6 N–H and O–H groups in total. The van der Waals surface area contributed by atoms with Crippen LogP contribution < -0.4 is 11.1 Å². The summed E-state index contributed by atoms with van der Waals surface area (Å²) in [4.78, 5) is 1.95. The van der Waals surface area contributed by atoms with Gasteiger partial charge in [0.05, 0.1) is 6.04 Å². The van der Waals surface area contributed by atoms with Crippen LogP contribution in [0.3, 0.4) is 0 Å². The second-order valence-corrected chi connectivity index (χ2v) is 6.99. The van der Waals surface area contributed by atoms with E-state index in [0.717, 1.165) is 37.8 Å². The van der Waals surface area contributed by atoms with E-state index in [0.29, 0.717) is 18.7 Å². The van der Waals surface area contributed by atoms with Crippen molar-refractivity contribution in [2.45, 2.75) is 62.8 Å². The average molecular weight is 353 g/mol. The highest BCUT2D eigenvalue weighted by molar-refractivity contribution is 5.48. The van der Waals surface area contributed by atoms with Gasteiger partial charge in [0, 0.05) is 29.1 Å². The number of nitrogens with one attached hydrogen (secondary N) is 1. The molecule has 0 saturated heterocycles. The van der Waals surface area contributed by atoms with Crippen molar-refractivity contribution >= 4 is 0 Å². The number of halogens is 1. The van der Waals surface area contributed by atoms with Crippen molar-refractivity contribution in [2.75, 3.05) is 13.1 Å². The second kappa shape index (κ2) is 7.97. The molecule has 25 heavy (non-hydrogen) atoms. The molecule has 0 amide bonds. The van der Waals surface area contributed by atoms with Crippen LogP contribution in [0.2, 0.25) is 0 Å². The third kappa shape index (κ3) is 4.12. The summed E-state index contributed by atoms with van der Waals surface area (Å²) in [5, 5.41) is 32.6. The molecule has 140 valence electrons. The molecule has 3 atom stereocenters. The Labute approximate surface area is 147 Å². The maximum Gasteiger partial charge on any atom is 0.178 e. The number of unbranched alkanes of at least 4 members (excludes halogenated alkanes) is 2. The zero-order chi connectivity index (χ0) is 18.0. The highest BCUT2D eigenvalue weighted by Crippen LogP contribution is 2.41. The van der Waals surface area contributed by atoms with E-state index in [1.165, 1.54) is 6.08 Å². The number of nitrogens with zero attached hydrogens (tertiary/aromatic N) is 1. The highest BCUT2D eigenvalue weighted by Gasteiger charge is 2.41. The first-order valence-electron chi connectivity index (χ1n) is 9.08. The molecule has 0 spiro atoms. The molecule has 0 aromatic carbocycles. The van der Waals surface area contributed by atoms with Gasteiger partial charge in [-0.2, -0.15) is 0 Å². The van der Waals surface area contributed by atoms with E-state index >= 15 is 0 Å². The standard InChI is InChI=1S/C18H28FN3O3/c19-14-8-12-16(9-15(14)21-7-3-1-2-6-20)22(11-4-5-11)10-13(17(12)23)18(24)25/h8-11,14-15,17-18,21,23-25H,1-7,20H2. The van der Waals surface area contributed by atoms with Gasteiger partial charge in [0.25, 0.3) is 0 Å². The Hall–Kier alpha value is -1.25. The summed E-state index contributed by atoms with van der Waals surface area (Å²) in [7, 11) is 0. The van der Waals surface area contributed by atoms with Gasteiger partial charge in [-0.15, -0.1) is 0 Å². The van der Waals surface area contributed by atoms with Crippen molar-refractivity contribution < 1.29 is 19.7 Å². The van der Waals surface area contributed by atoms with Crippen LogP contribution in [-0.4, -0.2) is 64.0 Å². The van der Waals surface area contributed by atoms with Crippen molar-refractivity contribution in [1.82, 2.24) is 10.2 Å². The van der Waals surface area contributed by atoms with Gasteiger partial charge in [0.1, 0.15) is 12.3 Å². The maximum absolute atomic E-state index is 14.6. The third-order valence-corrected chi connectivity index (χ3v) is 4.99. The number of hydrogen-bond donors (Lipinski definition) is 5. The smallest absolute Gasteiger partial charge is 0.178 e. The van der Waals surface area contributed by atoms with Gasteiger partial charge >= 0.3 is 0 Å².